The molecule has 5 nitrogen and oxygen atoms in total. The number of aryl methyl sites for hydroxylation is 2. The minimum Gasteiger partial charge on any atom is -0.484 e. The van der Waals surface area contributed by atoms with Gasteiger partial charge in [-0.3, -0.25) is 4.79 Å². The van der Waals surface area contributed by atoms with Crippen molar-refractivity contribution in [2.75, 3.05) is 6.61 Å². The fraction of sp³-hybridized carbons (Fsp3) is 0.238. The molecule has 1 atom stereocenters. The number of ether oxygens (including phenoxy) is 1. The van der Waals surface area contributed by atoms with Crippen LogP contribution in [-0.4, -0.2) is 22.1 Å². The molecule has 0 aliphatic rings. The average Bonchev–Trinajstić information content (AvgIpc) is 3.10. The summed E-state index contributed by atoms with van der Waals surface area (Å²) in [6.45, 7) is 1.94. The molecule has 0 spiro atoms. The summed E-state index contributed by atoms with van der Waals surface area (Å²) in [4.78, 5) is 16.7. The molecule has 0 aliphatic carbocycles. The molecule has 1 unspecified atom stereocenters. The molecule has 27 heavy (non-hydrogen) atoms. The highest BCUT2D eigenvalue weighted by atomic mass is 19.1. The van der Waals surface area contributed by atoms with Gasteiger partial charge in [-0.1, -0.05) is 31.2 Å². The number of halogens is 1. The first kappa shape index (κ1) is 18.6. The number of carbonyl (C=O) groups is 1. The number of rotatable bonds is 7. The standard InChI is InChI=1S/C21H22FN3O2/c1-3-15-7-9-18(10-8-15)27-14-19(26)24-20(21-23-11-12-25(21)2)16-5-4-6-17(22)13-16/h4-13,20H,3,14H2,1-2H3,(H,24,26). The van der Waals surface area contributed by atoms with Gasteiger partial charge in [0.1, 0.15) is 23.4 Å². The molecule has 0 aliphatic heterocycles. The highest BCUT2D eigenvalue weighted by Gasteiger charge is 2.21. The summed E-state index contributed by atoms with van der Waals surface area (Å²) in [5, 5.41) is 2.88. The zero-order valence-electron chi connectivity index (χ0n) is 15.4. The summed E-state index contributed by atoms with van der Waals surface area (Å²) >= 11 is 0. The van der Waals surface area contributed by atoms with E-state index in [-0.39, 0.29) is 18.3 Å². The third kappa shape index (κ3) is 4.73. The Hall–Kier alpha value is -3.15. The van der Waals surface area contributed by atoms with Gasteiger partial charge in [-0.25, -0.2) is 9.37 Å². The molecule has 0 saturated heterocycles. The van der Waals surface area contributed by atoms with Crippen LogP contribution in [0.3, 0.4) is 0 Å². The lowest BCUT2D eigenvalue weighted by Crippen LogP contribution is -2.34. The molecule has 3 rings (SSSR count). The molecule has 0 radical (unpaired) electrons. The van der Waals surface area contributed by atoms with E-state index in [2.05, 4.69) is 17.2 Å². The SMILES string of the molecule is CCc1ccc(OCC(=O)NC(c2cccc(F)c2)c2nccn2C)cc1. The summed E-state index contributed by atoms with van der Waals surface area (Å²) in [6.07, 6.45) is 4.36. The summed E-state index contributed by atoms with van der Waals surface area (Å²) in [5.41, 5.74) is 1.82. The normalized spacial score (nSPS) is 11.8. The van der Waals surface area contributed by atoms with Gasteiger partial charge in [-0.15, -0.1) is 0 Å². The van der Waals surface area contributed by atoms with Crippen molar-refractivity contribution in [3.8, 4) is 5.75 Å². The number of hydrogen-bond donors (Lipinski definition) is 1. The number of nitrogens with zero attached hydrogens (tertiary/aromatic N) is 2. The Labute approximate surface area is 157 Å². The Morgan fingerprint density at radius 3 is 2.67 bits per heavy atom. The zero-order valence-corrected chi connectivity index (χ0v) is 15.4. The topological polar surface area (TPSA) is 56.1 Å². The highest BCUT2D eigenvalue weighted by Crippen LogP contribution is 2.21. The average molecular weight is 367 g/mol. The van der Waals surface area contributed by atoms with E-state index in [1.54, 1.807) is 29.1 Å². The van der Waals surface area contributed by atoms with Crippen LogP contribution < -0.4 is 10.1 Å². The molecule has 1 amide bonds. The van der Waals surface area contributed by atoms with Gasteiger partial charge < -0.3 is 14.6 Å². The number of imidazole rings is 1. The molecular weight excluding hydrogens is 345 g/mol. The summed E-state index contributed by atoms with van der Waals surface area (Å²) in [6, 6.07) is 13.2. The maximum Gasteiger partial charge on any atom is 0.258 e. The molecule has 0 saturated carbocycles. The molecule has 1 N–H and O–H groups in total. The monoisotopic (exact) mass is 367 g/mol. The third-order valence-corrected chi connectivity index (χ3v) is 4.31. The summed E-state index contributed by atoms with van der Waals surface area (Å²) in [7, 11) is 1.83. The Balaban J connectivity index is 1.71. The second kappa shape index (κ2) is 8.49. The van der Waals surface area contributed by atoms with Gasteiger partial charge in [0.15, 0.2) is 6.61 Å². The minimum absolute atomic E-state index is 0.137. The summed E-state index contributed by atoms with van der Waals surface area (Å²) in [5.74, 6) is 0.558. The molecule has 6 heteroatoms. The van der Waals surface area contributed by atoms with Gasteiger partial charge in [0.05, 0.1) is 0 Å². The van der Waals surface area contributed by atoms with Crippen molar-refractivity contribution in [2.24, 2.45) is 7.05 Å². The maximum absolute atomic E-state index is 13.7. The first-order chi connectivity index (χ1) is 13.1. The second-order valence-corrected chi connectivity index (χ2v) is 6.24. The Morgan fingerprint density at radius 2 is 2.04 bits per heavy atom. The van der Waals surface area contributed by atoms with Crippen molar-refractivity contribution < 1.29 is 13.9 Å². The molecule has 140 valence electrons. The molecular formula is C21H22FN3O2. The fourth-order valence-corrected chi connectivity index (χ4v) is 2.81. The van der Waals surface area contributed by atoms with E-state index in [0.29, 0.717) is 17.1 Å². The summed E-state index contributed by atoms with van der Waals surface area (Å²) < 4.78 is 21.0. The van der Waals surface area contributed by atoms with Crippen LogP contribution in [0.15, 0.2) is 60.9 Å². The van der Waals surface area contributed by atoms with Crippen LogP contribution in [0.5, 0.6) is 5.75 Å². The van der Waals surface area contributed by atoms with Gasteiger partial charge in [0.25, 0.3) is 5.91 Å². The fourth-order valence-electron chi connectivity index (χ4n) is 2.81. The van der Waals surface area contributed by atoms with Crippen LogP contribution in [-0.2, 0) is 18.3 Å². The molecule has 0 bridgehead atoms. The smallest absolute Gasteiger partial charge is 0.258 e. The Morgan fingerprint density at radius 1 is 1.26 bits per heavy atom. The number of carbonyl (C=O) groups excluding carboxylic acids is 1. The number of nitrogens with one attached hydrogen (secondary N) is 1. The van der Waals surface area contributed by atoms with Gasteiger partial charge in [-0.05, 0) is 41.8 Å². The van der Waals surface area contributed by atoms with Crippen molar-refractivity contribution >= 4 is 5.91 Å². The van der Waals surface area contributed by atoms with Crippen molar-refractivity contribution in [3.63, 3.8) is 0 Å². The largest absolute Gasteiger partial charge is 0.484 e. The van der Waals surface area contributed by atoms with Crippen LogP contribution >= 0.6 is 0 Å². The van der Waals surface area contributed by atoms with Crippen molar-refractivity contribution in [3.05, 3.63) is 83.7 Å². The van der Waals surface area contributed by atoms with E-state index in [4.69, 9.17) is 4.74 Å². The second-order valence-electron chi connectivity index (χ2n) is 6.24. The predicted octanol–water partition coefficient (Wildman–Crippen LogP) is 3.41. The van der Waals surface area contributed by atoms with E-state index in [1.807, 2.05) is 31.3 Å². The number of benzene rings is 2. The highest BCUT2D eigenvalue weighted by molar-refractivity contribution is 5.78. The first-order valence-corrected chi connectivity index (χ1v) is 8.80. The van der Waals surface area contributed by atoms with Crippen LogP contribution in [0.25, 0.3) is 0 Å². The van der Waals surface area contributed by atoms with Gasteiger partial charge in [0, 0.05) is 19.4 Å². The maximum atomic E-state index is 13.7. The lowest BCUT2D eigenvalue weighted by Gasteiger charge is -2.19. The number of hydrogen-bond acceptors (Lipinski definition) is 3. The Kier molecular flexibility index (Phi) is 5.86. The van der Waals surface area contributed by atoms with Gasteiger partial charge >= 0.3 is 0 Å². The molecule has 0 fully saturated rings. The van der Waals surface area contributed by atoms with Crippen molar-refractivity contribution in [1.29, 1.82) is 0 Å². The van der Waals surface area contributed by atoms with E-state index in [9.17, 15) is 9.18 Å². The first-order valence-electron chi connectivity index (χ1n) is 8.80. The lowest BCUT2D eigenvalue weighted by molar-refractivity contribution is -0.123. The van der Waals surface area contributed by atoms with Crippen LogP contribution in [0, 0.1) is 5.82 Å². The molecule has 1 heterocycles. The van der Waals surface area contributed by atoms with E-state index < -0.39 is 6.04 Å². The van der Waals surface area contributed by atoms with Crippen molar-refractivity contribution in [2.45, 2.75) is 19.4 Å². The molecule has 2 aromatic carbocycles. The van der Waals surface area contributed by atoms with Crippen LogP contribution in [0.1, 0.15) is 29.9 Å². The van der Waals surface area contributed by atoms with Crippen LogP contribution in [0.4, 0.5) is 4.39 Å². The van der Waals surface area contributed by atoms with Gasteiger partial charge in [0.2, 0.25) is 0 Å². The minimum atomic E-state index is -0.570. The van der Waals surface area contributed by atoms with Crippen molar-refractivity contribution in [1.82, 2.24) is 14.9 Å². The molecule has 1 aromatic heterocycles. The molecule has 3 aromatic rings. The Bertz CT molecular complexity index is 906. The lowest BCUT2D eigenvalue weighted by atomic mass is 10.1. The van der Waals surface area contributed by atoms with E-state index in [1.165, 1.54) is 17.7 Å². The van der Waals surface area contributed by atoms with Crippen LogP contribution in [0.2, 0.25) is 0 Å². The van der Waals surface area contributed by atoms with E-state index >= 15 is 0 Å². The van der Waals surface area contributed by atoms with Gasteiger partial charge in [-0.2, -0.15) is 0 Å². The van der Waals surface area contributed by atoms with E-state index in [0.717, 1.165) is 6.42 Å². The zero-order chi connectivity index (χ0) is 19.2. The number of aromatic nitrogens is 2. The predicted molar refractivity (Wildman–Crippen MR) is 101 cm³/mol. The number of amides is 1. The quantitative estimate of drug-likeness (QED) is 0.696. The third-order valence-electron chi connectivity index (χ3n) is 4.31.